The smallest absolute Gasteiger partial charge is 0.408 e. The molecule has 22 heavy (non-hydrogen) atoms. The highest BCUT2D eigenvalue weighted by molar-refractivity contribution is 5.83. The lowest BCUT2D eigenvalue weighted by Crippen LogP contribution is -2.43. The number of carbonyl (C=O) groups excluding carboxylic acids is 2. The second kappa shape index (κ2) is 7.82. The van der Waals surface area contributed by atoms with Crippen molar-refractivity contribution in [1.29, 1.82) is 0 Å². The fraction of sp³-hybridized carbons (Fsp3) is 0.667. The van der Waals surface area contributed by atoms with E-state index >= 15 is 0 Å². The van der Waals surface area contributed by atoms with E-state index in [-0.39, 0.29) is 6.42 Å². The number of rotatable bonds is 5. The van der Waals surface area contributed by atoms with Crippen LogP contribution in [0.25, 0.3) is 0 Å². The van der Waals surface area contributed by atoms with Crippen molar-refractivity contribution in [2.24, 2.45) is 0 Å². The van der Waals surface area contributed by atoms with E-state index in [0.717, 1.165) is 6.08 Å². The number of amides is 1. The molecule has 0 rings (SSSR count). The SMILES string of the molecule is CC(C)(C)OC(=O)C=CC[C@H](NC(=O)OC(C)(C)C)C(=O)O. The van der Waals surface area contributed by atoms with Crippen LogP contribution in [0.5, 0.6) is 0 Å². The average Bonchev–Trinajstić information content (AvgIpc) is 2.22. The van der Waals surface area contributed by atoms with E-state index in [1.165, 1.54) is 6.08 Å². The lowest BCUT2D eigenvalue weighted by Gasteiger charge is -2.21. The Labute approximate surface area is 130 Å². The van der Waals surface area contributed by atoms with Crippen LogP contribution < -0.4 is 5.32 Å². The Morgan fingerprint density at radius 2 is 1.55 bits per heavy atom. The maximum atomic E-state index is 11.5. The van der Waals surface area contributed by atoms with Crippen molar-refractivity contribution < 1.29 is 29.0 Å². The second-order valence-corrected chi connectivity index (χ2v) is 6.71. The Morgan fingerprint density at radius 1 is 1.05 bits per heavy atom. The maximum absolute atomic E-state index is 11.5. The zero-order valence-corrected chi connectivity index (χ0v) is 13.9. The van der Waals surface area contributed by atoms with Gasteiger partial charge in [0, 0.05) is 6.08 Å². The highest BCUT2D eigenvalue weighted by Crippen LogP contribution is 2.09. The van der Waals surface area contributed by atoms with Crippen LogP contribution in [0.1, 0.15) is 48.0 Å². The Morgan fingerprint density at radius 3 is 1.95 bits per heavy atom. The third kappa shape index (κ3) is 10.7. The van der Waals surface area contributed by atoms with Gasteiger partial charge in [-0.1, -0.05) is 6.08 Å². The molecule has 7 nitrogen and oxygen atoms in total. The summed E-state index contributed by atoms with van der Waals surface area (Å²) in [6.07, 6.45) is 1.58. The van der Waals surface area contributed by atoms with Gasteiger partial charge in [-0.15, -0.1) is 0 Å². The molecule has 0 saturated heterocycles. The van der Waals surface area contributed by atoms with E-state index in [1.54, 1.807) is 41.5 Å². The molecule has 0 bridgehead atoms. The van der Waals surface area contributed by atoms with Crippen LogP contribution in [0.4, 0.5) is 4.79 Å². The molecule has 1 amide bonds. The molecule has 0 fully saturated rings. The van der Waals surface area contributed by atoms with Crippen molar-refractivity contribution in [1.82, 2.24) is 5.32 Å². The summed E-state index contributed by atoms with van der Waals surface area (Å²) >= 11 is 0. The third-order valence-corrected chi connectivity index (χ3v) is 2.02. The van der Waals surface area contributed by atoms with Crippen molar-refractivity contribution in [2.75, 3.05) is 0 Å². The molecule has 1 atom stereocenters. The topological polar surface area (TPSA) is 102 Å². The molecule has 0 aliphatic carbocycles. The van der Waals surface area contributed by atoms with E-state index in [9.17, 15) is 14.4 Å². The zero-order valence-electron chi connectivity index (χ0n) is 13.9. The maximum Gasteiger partial charge on any atom is 0.408 e. The Kier molecular flexibility index (Phi) is 7.09. The van der Waals surface area contributed by atoms with Crippen molar-refractivity contribution in [3.63, 3.8) is 0 Å². The first-order valence-corrected chi connectivity index (χ1v) is 6.92. The van der Waals surface area contributed by atoms with E-state index in [2.05, 4.69) is 5.32 Å². The standard InChI is InChI=1S/C15H25NO6/c1-14(2,3)21-11(17)9-7-8-10(12(18)19)16-13(20)22-15(4,5)6/h7,9-10H,8H2,1-6H3,(H,16,20)(H,18,19)/t10-/m0/s1. The molecule has 0 unspecified atom stereocenters. The first kappa shape index (κ1) is 19.9. The quantitative estimate of drug-likeness (QED) is 0.596. The number of ether oxygens (including phenoxy) is 2. The fourth-order valence-electron chi connectivity index (χ4n) is 1.31. The van der Waals surface area contributed by atoms with Gasteiger partial charge in [0.05, 0.1) is 0 Å². The summed E-state index contributed by atoms with van der Waals surface area (Å²) in [6, 6.07) is -1.19. The van der Waals surface area contributed by atoms with Gasteiger partial charge in [-0.05, 0) is 48.0 Å². The van der Waals surface area contributed by atoms with Gasteiger partial charge < -0.3 is 19.9 Å². The number of carbonyl (C=O) groups is 3. The summed E-state index contributed by atoms with van der Waals surface area (Å²) in [5.74, 6) is -1.80. The zero-order chi connectivity index (χ0) is 17.6. The van der Waals surface area contributed by atoms with Crippen molar-refractivity contribution in [2.45, 2.75) is 65.2 Å². The fourth-order valence-corrected chi connectivity index (χ4v) is 1.31. The van der Waals surface area contributed by atoms with Crippen LogP contribution in [0, 0.1) is 0 Å². The number of carboxylic acid groups (broad SMARTS) is 1. The lowest BCUT2D eigenvalue weighted by molar-refractivity contribution is -0.148. The molecule has 2 N–H and O–H groups in total. The molecule has 0 aromatic rings. The number of aliphatic carboxylic acids is 1. The summed E-state index contributed by atoms with van der Waals surface area (Å²) in [7, 11) is 0. The molecule has 0 heterocycles. The summed E-state index contributed by atoms with van der Waals surface area (Å²) in [5, 5.41) is 11.3. The number of carboxylic acids is 1. The Balaban J connectivity index is 4.52. The molecule has 126 valence electrons. The van der Waals surface area contributed by atoms with Gasteiger partial charge >= 0.3 is 18.0 Å². The number of hydrogen-bond donors (Lipinski definition) is 2. The summed E-state index contributed by atoms with van der Waals surface area (Å²) in [5.41, 5.74) is -1.35. The monoisotopic (exact) mass is 315 g/mol. The first-order chi connectivity index (χ1) is 9.80. The predicted octanol–water partition coefficient (Wildman–Crippen LogP) is 2.25. The number of hydrogen-bond acceptors (Lipinski definition) is 5. The van der Waals surface area contributed by atoms with Crippen LogP contribution >= 0.6 is 0 Å². The highest BCUT2D eigenvalue weighted by Gasteiger charge is 2.23. The summed E-state index contributed by atoms with van der Waals surface area (Å²) < 4.78 is 10.0. The highest BCUT2D eigenvalue weighted by atomic mass is 16.6. The average molecular weight is 315 g/mol. The molecule has 0 spiro atoms. The summed E-state index contributed by atoms with van der Waals surface area (Å²) in [4.78, 5) is 34.1. The molecule has 0 aliphatic rings. The number of esters is 1. The van der Waals surface area contributed by atoms with E-state index < -0.39 is 35.3 Å². The van der Waals surface area contributed by atoms with Crippen molar-refractivity contribution in [3.8, 4) is 0 Å². The minimum Gasteiger partial charge on any atom is -0.480 e. The van der Waals surface area contributed by atoms with Gasteiger partial charge in [0.1, 0.15) is 17.2 Å². The molecule has 7 heteroatoms. The Hall–Kier alpha value is -2.05. The summed E-state index contributed by atoms with van der Waals surface area (Å²) in [6.45, 7) is 10.2. The van der Waals surface area contributed by atoms with Crippen molar-refractivity contribution in [3.05, 3.63) is 12.2 Å². The van der Waals surface area contributed by atoms with Gasteiger partial charge in [0.25, 0.3) is 0 Å². The largest absolute Gasteiger partial charge is 0.480 e. The van der Waals surface area contributed by atoms with E-state index in [4.69, 9.17) is 14.6 Å². The van der Waals surface area contributed by atoms with Crippen LogP contribution in [-0.4, -0.2) is 40.4 Å². The molecular weight excluding hydrogens is 290 g/mol. The molecular formula is C15H25NO6. The van der Waals surface area contributed by atoms with Gasteiger partial charge in [-0.3, -0.25) is 0 Å². The van der Waals surface area contributed by atoms with Gasteiger partial charge in [0.2, 0.25) is 0 Å². The van der Waals surface area contributed by atoms with Crippen molar-refractivity contribution >= 4 is 18.0 Å². The van der Waals surface area contributed by atoms with Gasteiger partial charge in [-0.25, -0.2) is 14.4 Å². The molecule has 0 saturated carbocycles. The lowest BCUT2D eigenvalue weighted by atomic mass is 10.2. The number of nitrogens with one attached hydrogen (secondary N) is 1. The normalized spacial score (nSPS) is 13.5. The van der Waals surface area contributed by atoms with E-state index in [0.29, 0.717) is 0 Å². The van der Waals surface area contributed by atoms with Crippen LogP contribution in [-0.2, 0) is 19.1 Å². The van der Waals surface area contributed by atoms with E-state index in [1.807, 2.05) is 0 Å². The first-order valence-electron chi connectivity index (χ1n) is 6.92. The molecule has 0 aromatic heterocycles. The van der Waals surface area contributed by atoms with Gasteiger partial charge in [0.15, 0.2) is 0 Å². The minimum absolute atomic E-state index is 0.0617. The van der Waals surface area contributed by atoms with Crippen LogP contribution in [0.2, 0.25) is 0 Å². The van der Waals surface area contributed by atoms with Crippen LogP contribution in [0.15, 0.2) is 12.2 Å². The molecule has 0 aromatic carbocycles. The Bertz CT molecular complexity index is 442. The van der Waals surface area contributed by atoms with Gasteiger partial charge in [-0.2, -0.15) is 0 Å². The molecule has 0 radical (unpaired) electrons. The second-order valence-electron chi connectivity index (χ2n) is 6.71. The molecule has 0 aliphatic heterocycles. The predicted molar refractivity (Wildman–Crippen MR) is 80.4 cm³/mol. The van der Waals surface area contributed by atoms with Crippen LogP contribution in [0.3, 0.4) is 0 Å². The third-order valence-electron chi connectivity index (χ3n) is 2.02. The minimum atomic E-state index is -1.22. The number of alkyl carbamates (subject to hydrolysis) is 1.